The highest BCUT2D eigenvalue weighted by Crippen LogP contribution is 2.15. The number of aliphatic hydroxyl groups is 1. The Kier molecular flexibility index (Phi) is 42.0. The summed E-state index contributed by atoms with van der Waals surface area (Å²) in [6.07, 6.45) is 52.4. The first-order chi connectivity index (χ1) is 24.2. The Bertz CT molecular complexity index is 688. The molecule has 49 heavy (non-hydrogen) atoms. The second-order valence-electron chi connectivity index (χ2n) is 14.8. The first-order valence-corrected chi connectivity index (χ1v) is 21.9. The largest absolute Gasteiger partial charge is 0.457 e. The van der Waals surface area contributed by atoms with Crippen molar-refractivity contribution in [1.82, 2.24) is 0 Å². The van der Waals surface area contributed by atoms with E-state index in [2.05, 4.69) is 38.2 Å². The van der Waals surface area contributed by atoms with E-state index in [1.54, 1.807) is 0 Å². The molecule has 290 valence electrons. The summed E-state index contributed by atoms with van der Waals surface area (Å²) < 4.78 is 11.2. The Morgan fingerprint density at radius 3 is 1.29 bits per heavy atom. The van der Waals surface area contributed by atoms with Gasteiger partial charge in [0.25, 0.3) is 0 Å². The topological polar surface area (TPSA) is 55.8 Å². The summed E-state index contributed by atoms with van der Waals surface area (Å²) in [4.78, 5) is 12.2. The van der Waals surface area contributed by atoms with Crippen molar-refractivity contribution in [1.29, 1.82) is 0 Å². The fourth-order valence-electron chi connectivity index (χ4n) is 6.48. The first kappa shape index (κ1) is 47.9. The summed E-state index contributed by atoms with van der Waals surface area (Å²) in [5.41, 5.74) is 0. The maximum absolute atomic E-state index is 12.2. The number of esters is 1. The zero-order valence-corrected chi connectivity index (χ0v) is 33.2. The van der Waals surface area contributed by atoms with E-state index in [9.17, 15) is 9.90 Å². The molecule has 4 heteroatoms. The number of aliphatic hydroxyl groups excluding tert-OH is 1. The molecule has 0 spiro atoms. The van der Waals surface area contributed by atoms with Crippen LogP contribution in [0, 0.1) is 0 Å². The van der Waals surface area contributed by atoms with Crippen LogP contribution >= 0.6 is 0 Å². The summed E-state index contributed by atoms with van der Waals surface area (Å²) >= 11 is 0. The molecule has 0 radical (unpaired) electrons. The Morgan fingerprint density at radius 2 is 0.857 bits per heavy atom. The second kappa shape index (κ2) is 43.0. The normalized spacial score (nSPS) is 12.5. The molecule has 0 rings (SSSR count). The summed E-state index contributed by atoms with van der Waals surface area (Å²) in [5.74, 6) is -0.200. The third kappa shape index (κ3) is 41.2. The average molecular weight is 691 g/mol. The lowest BCUT2D eigenvalue weighted by atomic mass is 10.0. The highest BCUT2D eigenvalue weighted by Gasteiger charge is 2.13. The van der Waals surface area contributed by atoms with Crippen molar-refractivity contribution < 1.29 is 19.4 Å². The molecule has 4 nitrogen and oxygen atoms in total. The molecule has 0 bridgehead atoms. The summed E-state index contributed by atoms with van der Waals surface area (Å²) in [5, 5.41) is 9.60. The molecule has 0 saturated carbocycles. The van der Waals surface area contributed by atoms with E-state index in [1.165, 1.54) is 186 Å². The maximum atomic E-state index is 12.2. The fraction of sp³-hybridized carbons (Fsp3) is 0.889. The van der Waals surface area contributed by atoms with E-state index in [0.29, 0.717) is 19.6 Å². The highest BCUT2D eigenvalue weighted by molar-refractivity contribution is 5.69. The lowest BCUT2D eigenvalue weighted by molar-refractivity contribution is -0.154. The van der Waals surface area contributed by atoms with Crippen LogP contribution in [-0.4, -0.2) is 37.0 Å². The van der Waals surface area contributed by atoms with Gasteiger partial charge in [0.2, 0.25) is 0 Å². The number of carbonyl (C=O) groups excluding carboxylic acids is 1. The SMILES string of the molecule is CCCCCC/C=C\C/C=C\CCCCCCCCOCC(CO)OC(=O)CCCCCCCCCCCCCCCCCCCCCC. The molecule has 1 N–H and O–H groups in total. The number of allylic oxidation sites excluding steroid dienone is 4. The molecule has 0 aliphatic heterocycles. The van der Waals surface area contributed by atoms with Gasteiger partial charge in [0.15, 0.2) is 0 Å². The van der Waals surface area contributed by atoms with Gasteiger partial charge in [0.05, 0.1) is 13.2 Å². The standard InChI is InChI=1S/C45H86O4/c1-3-5-7-9-11-13-15-17-19-21-22-23-24-26-28-30-32-34-36-38-40-45(47)49-44(42-46)43-48-41-39-37-35-33-31-29-27-25-20-18-16-14-12-10-8-6-4-2/h14,16,20,25,44,46H,3-13,15,17-19,21-24,26-43H2,1-2H3/b16-14-,25-20-. The van der Waals surface area contributed by atoms with Crippen molar-refractivity contribution in [2.24, 2.45) is 0 Å². The maximum Gasteiger partial charge on any atom is 0.306 e. The zero-order valence-electron chi connectivity index (χ0n) is 33.2. The van der Waals surface area contributed by atoms with Crippen LogP contribution in [0.5, 0.6) is 0 Å². The first-order valence-electron chi connectivity index (χ1n) is 21.9. The molecule has 1 unspecified atom stereocenters. The molecule has 1 atom stereocenters. The molecule has 0 aliphatic carbocycles. The zero-order chi connectivity index (χ0) is 35.6. The lowest BCUT2D eigenvalue weighted by Crippen LogP contribution is -2.27. The summed E-state index contributed by atoms with van der Waals surface area (Å²) in [6.45, 7) is 5.34. The predicted octanol–water partition coefficient (Wildman–Crippen LogP) is 14.3. The van der Waals surface area contributed by atoms with Crippen LogP contribution in [-0.2, 0) is 14.3 Å². The van der Waals surface area contributed by atoms with Gasteiger partial charge in [-0.05, 0) is 44.9 Å². The van der Waals surface area contributed by atoms with E-state index >= 15 is 0 Å². The van der Waals surface area contributed by atoms with Crippen LogP contribution in [0.3, 0.4) is 0 Å². The Labute approximate surface area is 307 Å². The number of hydrogen-bond acceptors (Lipinski definition) is 4. The van der Waals surface area contributed by atoms with Crippen LogP contribution in [0.1, 0.15) is 232 Å². The molecule has 0 aliphatic rings. The second-order valence-corrected chi connectivity index (χ2v) is 14.8. The number of ether oxygens (including phenoxy) is 2. The molecule has 0 aromatic carbocycles. The number of unbranched alkanes of at least 4 members (excludes halogenated alkanes) is 29. The van der Waals surface area contributed by atoms with Crippen molar-refractivity contribution in [3.8, 4) is 0 Å². The predicted molar refractivity (Wildman–Crippen MR) is 214 cm³/mol. The van der Waals surface area contributed by atoms with Gasteiger partial charge in [-0.25, -0.2) is 0 Å². The van der Waals surface area contributed by atoms with Gasteiger partial charge in [-0.1, -0.05) is 205 Å². The van der Waals surface area contributed by atoms with Crippen LogP contribution in [0.25, 0.3) is 0 Å². The van der Waals surface area contributed by atoms with E-state index in [0.717, 1.165) is 25.7 Å². The number of carbonyl (C=O) groups is 1. The van der Waals surface area contributed by atoms with Crippen LogP contribution in [0.15, 0.2) is 24.3 Å². The number of rotatable bonds is 41. The van der Waals surface area contributed by atoms with Gasteiger partial charge in [-0.15, -0.1) is 0 Å². The minimum Gasteiger partial charge on any atom is -0.457 e. The highest BCUT2D eigenvalue weighted by atomic mass is 16.6. The average Bonchev–Trinajstić information content (AvgIpc) is 3.11. The van der Waals surface area contributed by atoms with E-state index < -0.39 is 6.10 Å². The van der Waals surface area contributed by atoms with Crippen molar-refractivity contribution in [2.45, 2.75) is 238 Å². The Morgan fingerprint density at radius 1 is 0.490 bits per heavy atom. The molecule has 0 aromatic rings. The molecular weight excluding hydrogens is 604 g/mol. The van der Waals surface area contributed by atoms with Crippen LogP contribution < -0.4 is 0 Å². The van der Waals surface area contributed by atoms with Crippen molar-refractivity contribution >= 4 is 5.97 Å². The van der Waals surface area contributed by atoms with Crippen LogP contribution in [0.4, 0.5) is 0 Å². The Hall–Kier alpha value is -1.13. The Balaban J connectivity index is 3.40. The molecule has 0 aromatic heterocycles. The van der Waals surface area contributed by atoms with Gasteiger partial charge >= 0.3 is 5.97 Å². The molecular formula is C45H86O4. The fourth-order valence-corrected chi connectivity index (χ4v) is 6.48. The van der Waals surface area contributed by atoms with Gasteiger partial charge in [-0.2, -0.15) is 0 Å². The third-order valence-corrected chi connectivity index (χ3v) is 9.78. The molecule has 0 saturated heterocycles. The van der Waals surface area contributed by atoms with Gasteiger partial charge in [0.1, 0.15) is 6.10 Å². The van der Waals surface area contributed by atoms with Crippen molar-refractivity contribution in [3.05, 3.63) is 24.3 Å². The van der Waals surface area contributed by atoms with E-state index in [1.807, 2.05) is 0 Å². The molecule has 0 heterocycles. The van der Waals surface area contributed by atoms with Gasteiger partial charge in [0, 0.05) is 13.0 Å². The minimum absolute atomic E-state index is 0.172. The number of hydrogen-bond donors (Lipinski definition) is 1. The van der Waals surface area contributed by atoms with E-state index in [4.69, 9.17) is 9.47 Å². The lowest BCUT2D eigenvalue weighted by Gasteiger charge is -2.15. The van der Waals surface area contributed by atoms with Crippen molar-refractivity contribution in [3.63, 3.8) is 0 Å². The summed E-state index contributed by atoms with van der Waals surface area (Å²) in [6, 6.07) is 0. The molecule has 0 fully saturated rings. The van der Waals surface area contributed by atoms with E-state index in [-0.39, 0.29) is 12.6 Å². The van der Waals surface area contributed by atoms with Crippen LogP contribution in [0.2, 0.25) is 0 Å². The van der Waals surface area contributed by atoms with Gasteiger partial charge < -0.3 is 14.6 Å². The smallest absolute Gasteiger partial charge is 0.306 e. The minimum atomic E-state index is -0.535. The molecule has 0 amide bonds. The van der Waals surface area contributed by atoms with Crippen molar-refractivity contribution in [2.75, 3.05) is 19.8 Å². The third-order valence-electron chi connectivity index (χ3n) is 9.78. The summed E-state index contributed by atoms with van der Waals surface area (Å²) in [7, 11) is 0. The quantitative estimate of drug-likeness (QED) is 0.0394. The monoisotopic (exact) mass is 691 g/mol. The van der Waals surface area contributed by atoms with Gasteiger partial charge in [-0.3, -0.25) is 4.79 Å².